The number of nitriles is 1. The molecular weight excluding hydrogens is 495 g/mol. The number of nitrogens with one attached hydrogen (secondary N) is 1. The molecule has 6 rings (SSSR count). The topological polar surface area (TPSA) is 102 Å². The number of carbonyl (C=O) groups is 1. The van der Waals surface area contributed by atoms with Gasteiger partial charge in [-0.15, -0.1) is 0 Å². The zero-order valence-electron chi connectivity index (χ0n) is 21.8. The first-order chi connectivity index (χ1) is 19.0. The minimum atomic E-state index is -0.235. The maximum absolute atomic E-state index is 13.3. The summed E-state index contributed by atoms with van der Waals surface area (Å²) in [4.78, 5) is 8.58. The Labute approximate surface area is 226 Å². The minimum absolute atomic E-state index is 0.0349. The van der Waals surface area contributed by atoms with E-state index in [1.165, 1.54) is 12.1 Å². The Morgan fingerprint density at radius 2 is 1.85 bits per heavy atom. The molecular formula is C31H31FN4O3. The highest BCUT2D eigenvalue weighted by Gasteiger charge is 2.31. The van der Waals surface area contributed by atoms with Gasteiger partial charge in [-0.3, -0.25) is 4.79 Å². The minimum Gasteiger partial charge on any atom is -0.488 e. The van der Waals surface area contributed by atoms with Crippen LogP contribution in [0.2, 0.25) is 0 Å². The number of rotatable bonds is 7. The van der Waals surface area contributed by atoms with Gasteiger partial charge in [0.25, 0.3) is 0 Å². The van der Waals surface area contributed by atoms with Crippen molar-refractivity contribution in [3.63, 3.8) is 0 Å². The monoisotopic (exact) mass is 526 g/mol. The molecule has 4 aromatic rings. The molecule has 1 aliphatic carbocycles. The average molecular weight is 527 g/mol. The molecule has 39 heavy (non-hydrogen) atoms. The Hall–Kier alpha value is -4.35. The number of aromatic nitrogens is 1. The van der Waals surface area contributed by atoms with E-state index < -0.39 is 0 Å². The highest BCUT2D eigenvalue weighted by atomic mass is 19.1. The quantitative estimate of drug-likeness (QED) is 0.284. The van der Waals surface area contributed by atoms with E-state index in [1.807, 2.05) is 24.3 Å². The summed E-state index contributed by atoms with van der Waals surface area (Å²) in [6.07, 6.45) is 3.45. The highest BCUT2D eigenvalue weighted by molar-refractivity contribution is 5.95. The van der Waals surface area contributed by atoms with Crippen molar-refractivity contribution in [2.75, 3.05) is 18.5 Å². The van der Waals surface area contributed by atoms with Crippen molar-refractivity contribution in [2.45, 2.75) is 44.4 Å². The molecule has 200 valence electrons. The lowest BCUT2D eigenvalue weighted by atomic mass is 10.0. The first-order valence-electron chi connectivity index (χ1n) is 13.1. The van der Waals surface area contributed by atoms with Crippen molar-refractivity contribution in [2.24, 2.45) is 5.73 Å². The van der Waals surface area contributed by atoms with Crippen LogP contribution < -0.4 is 15.8 Å². The van der Waals surface area contributed by atoms with E-state index in [-0.39, 0.29) is 24.4 Å². The number of ether oxygens (including phenoxy) is 2. The Morgan fingerprint density at radius 1 is 1.13 bits per heavy atom. The molecule has 1 aliphatic heterocycles. The molecule has 7 nitrogen and oxygen atoms in total. The molecule has 1 aromatic heterocycles. The van der Waals surface area contributed by atoms with E-state index in [2.05, 4.69) is 46.8 Å². The number of benzene rings is 3. The third-order valence-electron chi connectivity index (χ3n) is 7.10. The van der Waals surface area contributed by atoms with E-state index >= 15 is 0 Å². The van der Waals surface area contributed by atoms with Crippen molar-refractivity contribution in [1.29, 1.82) is 5.26 Å². The number of hydrogen-bond donors (Lipinski definition) is 2. The van der Waals surface area contributed by atoms with Gasteiger partial charge < -0.3 is 25.1 Å². The third kappa shape index (κ3) is 5.74. The second kappa shape index (κ2) is 11.6. The fourth-order valence-electron chi connectivity index (χ4n) is 5.08. The fourth-order valence-corrected chi connectivity index (χ4v) is 5.08. The summed E-state index contributed by atoms with van der Waals surface area (Å²) in [5, 5.41) is 14.6. The predicted octanol–water partition coefficient (Wildman–Crippen LogP) is 6.10. The number of fused-ring (bicyclic) bond motifs is 1. The Balaban J connectivity index is 0.000000983. The zero-order valence-corrected chi connectivity index (χ0v) is 21.8. The molecule has 0 radical (unpaired) electrons. The van der Waals surface area contributed by atoms with Gasteiger partial charge in [0, 0.05) is 35.6 Å². The van der Waals surface area contributed by atoms with Gasteiger partial charge in [-0.1, -0.05) is 24.3 Å². The van der Waals surface area contributed by atoms with E-state index in [0.29, 0.717) is 18.2 Å². The number of halogens is 1. The van der Waals surface area contributed by atoms with Crippen molar-refractivity contribution in [1.82, 2.24) is 4.57 Å². The molecule has 1 saturated carbocycles. The van der Waals surface area contributed by atoms with Crippen LogP contribution in [0, 0.1) is 17.1 Å². The maximum atomic E-state index is 13.3. The molecule has 1 amide bonds. The number of nitrogens with zero attached hydrogens (tertiary/aromatic N) is 2. The third-order valence-corrected chi connectivity index (χ3v) is 7.10. The Morgan fingerprint density at radius 3 is 2.46 bits per heavy atom. The molecule has 2 atom stereocenters. The first-order valence-corrected chi connectivity index (χ1v) is 13.1. The van der Waals surface area contributed by atoms with Crippen LogP contribution in [0.25, 0.3) is 22.2 Å². The van der Waals surface area contributed by atoms with Crippen LogP contribution >= 0.6 is 0 Å². The van der Waals surface area contributed by atoms with E-state index in [4.69, 9.17) is 14.3 Å². The lowest BCUT2D eigenvalue weighted by molar-refractivity contribution is -0.106. The van der Waals surface area contributed by atoms with Crippen LogP contribution in [0.1, 0.15) is 49.4 Å². The summed E-state index contributed by atoms with van der Waals surface area (Å²) in [6, 6.07) is 23.7. The molecule has 3 N–H and O–H groups in total. The number of amides is 1. The molecule has 3 aromatic carbocycles. The second-order valence-electron chi connectivity index (χ2n) is 9.85. The summed E-state index contributed by atoms with van der Waals surface area (Å²) in [5.41, 5.74) is 9.89. The lowest BCUT2D eigenvalue weighted by Crippen LogP contribution is -2.15. The number of nitrogens with two attached hydrogens (primary N) is 1. The zero-order chi connectivity index (χ0) is 27.4. The largest absolute Gasteiger partial charge is 0.488 e. The summed E-state index contributed by atoms with van der Waals surface area (Å²) < 4.78 is 27.2. The molecule has 1 saturated heterocycles. The first kappa shape index (κ1) is 26.3. The van der Waals surface area contributed by atoms with Crippen LogP contribution in [0.15, 0.2) is 66.7 Å². The number of anilines is 1. The van der Waals surface area contributed by atoms with Gasteiger partial charge in [-0.2, -0.15) is 5.26 Å². The van der Waals surface area contributed by atoms with Crippen LogP contribution in [-0.2, 0) is 9.53 Å². The van der Waals surface area contributed by atoms with Gasteiger partial charge in [-0.05, 0) is 67.3 Å². The number of primary amides is 1. The predicted molar refractivity (Wildman–Crippen MR) is 149 cm³/mol. The van der Waals surface area contributed by atoms with Crippen LogP contribution in [-0.4, -0.2) is 30.3 Å². The van der Waals surface area contributed by atoms with E-state index in [0.717, 1.165) is 65.0 Å². The normalized spacial score (nSPS) is 17.1. The van der Waals surface area contributed by atoms with Gasteiger partial charge in [0.15, 0.2) is 0 Å². The van der Waals surface area contributed by atoms with Crippen LogP contribution in [0.4, 0.5) is 10.1 Å². The summed E-state index contributed by atoms with van der Waals surface area (Å²) in [5.74, 6) is 0.587. The molecule has 0 bridgehead atoms. The second-order valence-corrected chi connectivity index (χ2v) is 9.85. The van der Waals surface area contributed by atoms with Crippen molar-refractivity contribution in [3.8, 4) is 23.1 Å². The highest BCUT2D eigenvalue weighted by Crippen LogP contribution is 2.45. The van der Waals surface area contributed by atoms with Crippen molar-refractivity contribution in [3.05, 3.63) is 83.7 Å². The SMILES string of the molecule is CC(Nc1ccc(-c2c(C#N)c3ccc(OC4CCOC4)cc3n2C2CC2)cc1)c1ccc(F)cc1.NC=O. The molecule has 2 unspecified atom stereocenters. The summed E-state index contributed by atoms with van der Waals surface area (Å²) >= 11 is 0. The molecule has 0 spiro atoms. The molecule has 2 aliphatic rings. The summed E-state index contributed by atoms with van der Waals surface area (Å²) in [7, 11) is 0. The smallest absolute Gasteiger partial charge is 0.204 e. The van der Waals surface area contributed by atoms with Gasteiger partial charge in [0.2, 0.25) is 6.41 Å². The Kier molecular flexibility index (Phi) is 7.80. The van der Waals surface area contributed by atoms with E-state index in [9.17, 15) is 9.65 Å². The standard InChI is InChI=1S/C30H28FN3O2.CH3NO/c1-19(20-2-6-22(31)7-3-20)33-23-8-4-21(5-9-23)30-28(17-32)27-13-12-25(36-26-14-15-35-18-26)16-29(27)34(30)24-10-11-24;2-1-3/h2-9,12-13,16,19,24,26,33H,10-11,14-15,18H2,1H3;1H,(H2,2,3). The van der Waals surface area contributed by atoms with Gasteiger partial charge in [0.1, 0.15) is 23.7 Å². The van der Waals surface area contributed by atoms with Crippen LogP contribution in [0.5, 0.6) is 5.75 Å². The average Bonchev–Trinajstić information content (AvgIpc) is 3.54. The Bertz CT molecular complexity index is 1480. The van der Waals surface area contributed by atoms with Gasteiger partial charge in [-0.25, -0.2) is 4.39 Å². The molecule has 8 heteroatoms. The van der Waals surface area contributed by atoms with Crippen molar-refractivity contribution >= 4 is 23.0 Å². The summed E-state index contributed by atoms with van der Waals surface area (Å²) in [6.45, 7) is 3.41. The number of carbonyl (C=O) groups excluding carboxylic acids is 1. The fraction of sp³-hybridized carbons (Fsp3) is 0.290. The van der Waals surface area contributed by atoms with Crippen LogP contribution in [0.3, 0.4) is 0 Å². The lowest BCUT2D eigenvalue weighted by Gasteiger charge is -2.17. The van der Waals surface area contributed by atoms with Crippen molar-refractivity contribution < 1.29 is 18.7 Å². The van der Waals surface area contributed by atoms with E-state index in [1.54, 1.807) is 12.1 Å². The van der Waals surface area contributed by atoms with Gasteiger partial charge >= 0.3 is 0 Å². The molecule has 2 fully saturated rings. The molecule has 2 heterocycles. The maximum Gasteiger partial charge on any atom is 0.204 e. The number of hydrogen-bond acceptors (Lipinski definition) is 5. The van der Waals surface area contributed by atoms with Gasteiger partial charge in [0.05, 0.1) is 30.0 Å².